The molecule has 1 aromatic rings. The van der Waals surface area contributed by atoms with Crippen LogP contribution in [0.1, 0.15) is 0 Å². The number of benzene rings is 1. The Morgan fingerprint density at radius 3 is 3.00 bits per heavy atom. The summed E-state index contributed by atoms with van der Waals surface area (Å²) < 4.78 is 5.12. The predicted octanol–water partition coefficient (Wildman–Crippen LogP) is 2.40. The van der Waals surface area contributed by atoms with Crippen molar-refractivity contribution in [3.63, 3.8) is 0 Å². The monoisotopic (exact) mass is 241 g/mol. The maximum Gasteiger partial charge on any atom is 0.328 e. The van der Waals surface area contributed by atoms with Crippen molar-refractivity contribution in [1.29, 1.82) is 0 Å². The van der Waals surface area contributed by atoms with Gasteiger partial charge in [-0.25, -0.2) is 4.79 Å². The molecule has 1 rings (SSSR count). The fourth-order valence-corrected chi connectivity index (χ4v) is 1.32. The minimum Gasteiger partial charge on any atom is -0.495 e. The van der Waals surface area contributed by atoms with E-state index in [1.807, 2.05) is 0 Å². The molecular weight excluding hydrogens is 230 g/mol. The molecule has 0 heterocycles. The van der Waals surface area contributed by atoms with E-state index in [1.165, 1.54) is 6.08 Å². The van der Waals surface area contributed by atoms with Gasteiger partial charge >= 0.3 is 5.97 Å². The first-order chi connectivity index (χ1) is 7.63. The van der Waals surface area contributed by atoms with Crippen LogP contribution in [0.5, 0.6) is 5.75 Å². The Bertz CT molecular complexity index is 404. The van der Waals surface area contributed by atoms with Crippen molar-refractivity contribution in [2.24, 2.45) is 0 Å². The standard InChI is InChI=1S/C11H12ClNO3/c1-16-10-5-4-8(12)7-9(10)13-6-2-3-11(14)15/h2-5,7,13H,6H2,1H3,(H,14,15)/b3-2+. The van der Waals surface area contributed by atoms with Gasteiger partial charge in [0.15, 0.2) is 0 Å². The van der Waals surface area contributed by atoms with Gasteiger partial charge in [-0.2, -0.15) is 0 Å². The fourth-order valence-electron chi connectivity index (χ4n) is 1.15. The summed E-state index contributed by atoms with van der Waals surface area (Å²) in [6, 6.07) is 5.18. The summed E-state index contributed by atoms with van der Waals surface area (Å²) in [6.45, 7) is 0.392. The molecule has 2 N–H and O–H groups in total. The Morgan fingerprint density at radius 2 is 2.38 bits per heavy atom. The number of aliphatic carboxylic acids is 1. The summed E-state index contributed by atoms with van der Waals surface area (Å²) in [5.74, 6) is -0.312. The van der Waals surface area contributed by atoms with Crippen LogP contribution in [-0.4, -0.2) is 24.7 Å². The van der Waals surface area contributed by atoms with Crippen molar-refractivity contribution in [3.05, 3.63) is 35.4 Å². The molecule has 0 aliphatic rings. The van der Waals surface area contributed by atoms with E-state index < -0.39 is 5.97 Å². The molecule has 4 nitrogen and oxygen atoms in total. The first kappa shape index (κ1) is 12.4. The van der Waals surface area contributed by atoms with E-state index >= 15 is 0 Å². The fraction of sp³-hybridized carbons (Fsp3) is 0.182. The van der Waals surface area contributed by atoms with Gasteiger partial charge in [0, 0.05) is 17.6 Å². The molecule has 1 aromatic carbocycles. The SMILES string of the molecule is COc1ccc(Cl)cc1NC/C=C/C(=O)O. The van der Waals surface area contributed by atoms with Gasteiger partial charge in [-0.1, -0.05) is 17.7 Å². The summed E-state index contributed by atoms with van der Waals surface area (Å²) in [5.41, 5.74) is 0.727. The molecule has 0 spiro atoms. The summed E-state index contributed by atoms with van der Waals surface area (Å²) in [7, 11) is 1.56. The highest BCUT2D eigenvalue weighted by Crippen LogP contribution is 2.27. The second kappa shape index (κ2) is 6.02. The number of anilines is 1. The number of carboxylic acid groups (broad SMARTS) is 1. The highest BCUT2D eigenvalue weighted by atomic mass is 35.5. The molecular formula is C11H12ClNO3. The first-order valence-electron chi connectivity index (χ1n) is 4.60. The molecule has 0 fully saturated rings. The third-order valence-electron chi connectivity index (χ3n) is 1.83. The molecule has 0 aromatic heterocycles. The number of ether oxygens (including phenoxy) is 1. The largest absolute Gasteiger partial charge is 0.495 e. The quantitative estimate of drug-likeness (QED) is 0.778. The number of carbonyl (C=O) groups is 1. The van der Waals surface area contributed by atoms with E-state index in [-0.39, 0.29) is 0 Å². The normalized spacial score (nSPS) is 10.4. The van der Waals surface area contributed by atoms with Gasteiger partial charge < -0.3 is 15.2 Å². The average Bonchev–Trinajstić information content (AvgIpc) is 2.24. The molecule has 0 saturated heterocycles. The maximum absolute atomic E-state index is 10.2. The molecule has 5 heteroatoms. The number of hydrogen-bond donors (Lipinski definition) is 2. The minimum absolute atomic E-state index is 0.392. The van der Waals surface area contributed by atoms with Crippen molar-refractivity contribution in [3.8, 4) is 5.75 Å². The lowest BCUT2D eigenvalue weighted by atomic mass is 10.3. The Hall–Kier alpha value is -1.68. The molecule has 0 atom stereocenters. The zero-order valence-electron chi connectivity index (χ0n) is 8.74. The van der Waals surface area contributed by atoms with Crippen LogP contribution in [0.3, 0.4) is 0 Å². The Labute approximate surface area is 98.5 Å². The number of carboxylic acids is 1. The van der Waals surface area contributed by atoms with Crippen molar-refractivity contribution in [2.45, 2.75) is 0 Å². The lowest BCUT2D eigenvalue weighted by molar-refractivity contribution is -0.131. The first-order valence-corrected chi connectivity index (χ1v) is 4.98. The average molecular weight is 242 g/mol. The van der Waals surface area contributed by atoms with Crippen molar-refractivity contribution >= 4 is 23.3 Å². The Kier molecular flexibility index (Phi) is 4.66. The number of rotatable bonds is 5. The zero-order valence-corrected chi connectivity index (χ0v) is 9.49. The number of halogens is 1. The van der Waals surface area contributed by atoms with Crippen LogP contribution in [0.25, 0.3) is 0 Å². The topological polar surface area (TPSA) is 58.6 Å². The molecule has 0 unspecified atom stereocenters. The van der Waals surface area contributed by atoms with Gasteiger partial charge in [0.2, 0.25) is 0 Å². The lowest BCUT2D eigenvalue weighted by Gasteiger charge is -2.09. The van der Waals surface area contributed by atoms with Crippen LogP contribution in [0, 0.1) is 0 Å². The number of nitrogens with one attached hydrogen (secondary N) is 1. The van der Waals surface area contributed by atoms with Gasteiger partial charge in [0.25, 0.3) is 0 Å². The van der Waals surface area contributed by atoms with Gasteiger partial charge in [0.1, 0.15) is 5.75 Å². The van der Waals surface area contributed by atoms with Crippen LogP contribution < -0.4 is 10.1 Å². The molecule has 0 radical (unpaired) electrons. The summed E-state index contributed by atoms with van der Waals surface area (Å²) >= 11 is 5.83. The van der Waals surface area contributed by atoms with E-state index in [0.29, 0.717) is 17.3 Å². The van der Waals surface area contributed by atoms with Gasteiger partial charge in [-0.3, -0.25) is 0 Å². The molecule has 0 aliphatic heterocycles. The number of hydrogen-bond acceptors (Lipinski definition) is 3. The van der Waals surface area contributed by atoms with Crippen LogP contribution in [0.4, 0.5) is 5.69 Å². The molecule has 86 valence electrons. The van der Waals surface area contributed by atoms with Gasteiger partial charge in [-0.15, -0.1) is 0 Å². The van der Waals surface area contributed by atoms with E-state index in [4.69, 9.17) is 21.4 Å². The Balaban J connectivity index is 2.65. The molecule has 0 bridgehead atoms. The third-order valence-corrected chi connectivity index (χ3v) is 2.07. The zero-order chi connectivity index (χ0) is 12.0. The highest BCUT2D eigenvalue weighted by molar-refractivity contribution is 6.30. The predicted molar refractivity (Wildman–Crippen MR) is 63.3 cm³/mol. The van der Waals surface area contributed by atoms with E-state index in [2.05, 4.69) is 5.32 Å². The Morgan fingerprint density at radius 1 is 1.62 bits per heavy atom. The van der Waals surface area contributed by atoms with E-state index in [9.17, 15) is 4.79 Å². The summed E-state index contributed by atoms with van der Waals surface area (Å²) in [6.07, 6.45) is 2.58. The molecule has 0 saturated carbocycles. The second-order valence-electron chi connectivity index (χ2n) is 2.97. The summed E-state index contributed by atoms with van der Waals surface area (Å²) in [4.78, 5) is 10.2. The van der Waals surface area contributed by atoms with Crippen LogP contribution >= 0.6 is 11.6 Å². The second-order valence-corrected chi connectivity index (χ2v) is 3.40. The van der Waals surface area contributed by atoms with Crippen molar-refractivity contribution in [1.82, 2.24) is 0 Å². The lowest BCUT2D eigenvalue weighted by Crippen LogP contribution is -2.01. The maximum atomic E-state index is 10.2. The minimum atomic E-state index is -0.972. The van der Waals surface area contributed by atoms with E-state index in [0.717, 1.165) is 11.8 Å². The third kappa shape index (κ3) is 3.82. The van der Waals surface area contributed by atoms with Gasteiger partial charge in [0.05, 0.1) is 12.8 Å². The van der Waals surface area contributed by atoms with Crippen LogP contribution in [-0.2, 0) is 4.79 Å². The molecule has 0 amide bonds. The van der Waals surface area contributed by atoms with Gasteiger partial charge in [-0.05, 0) is 18.2 Å². The summed E-state index contributed by atoms with van der Waals surface area (Å²) in [5, 5.41) is 12.0. The molecule has 0 aliphatic carbocycles. The van der Waals surface area contributed by atoms with Crippen LogP contribution in [0.2, 0.25) is 5.02 Å². The highest BCUT2D eigenvalue weighted by Gasteiger charge is 2.01. The van der Waals surface area contributed by atoms with E-state index in [1.54, 1.807) is 25.3 Å². The van der Waals surface area contributed by atoms with Crippen molar-refractivity contribution < 1.29 is 14.6 Å². The van der Waals surface area contributed by atoms with Crippen molar-refractivity contribution in [2.75, 3.05) is 19.0 Å². The smallest absolute Gasteiger partial charge is 0.328 e. The number of methoxy groups -OCH3 is 1. The molecule has 16 heavy (non-hydrogen) atoms. The van der Waals surface area contributed by atoms with Crippen LogP contribution in [0.15, 0.2) is 30.4 Å².